The zero-order valence-corrected chi connectivity index (χ0v) is 26.6. The molecule has 2 amide bonds. The highest BCUT2D eigenvalue weighted by Crippen LogP contribution is 2.31. The summed E-state index contributed by atoms with van der Waals surface area (Å²) in [5.74, 6) is -0.824. The van der Waals surface area contributed by atoms with Crippen molar-refractivity contribution in [3.05, 3.63) is 131 Å². The summed E-state index contributed by atoms with van der Waals surface area (Å²) >= 11 is 6.52. The van der Waals surface area contributed by atoms with Gasteiger partial charge in [0, 0.05) is 19.5 Å². The number of benzene rings is 4. The Labute approximate surface area is 265 Å². The number of rotatable bonds is 14. The molecule has 1 N–H and O–H groups in total. The number of para-hydroxylation sites is 1. The molecule has 0 radical (unpaired) electrons. The number of nitrogens with one attached hydrogen (secondary N) is 1. The summed E-state index contributed by atoms with van der Waals surface area (Å²) < 4.78 is 29.1. The predicted octanol–water partition coefficient (Wildman–Crippen LogP) is 6.40. The lowest BCUT2D eigenvalue weighted by atomic mass is 10.0. The van der Waals surface area contributed by atoms with Gasteiger partial charge in [-0.1, -0.05) is 115 Å². The fraction of sp³-hybridized carbons (Fsp3) is 0.257. The van der Waals surface area contributed by atoms with Crippen LogP contribution in [0.2, 0.25) is 5.02 Å². The van der Waals surface area contributed by atoms with Crippen LogP contribution in [0.5, 0.6) is 0 Å². The molecule has 0 aliphatic rings. The molecule has 0 aliphatic carbocycles. The number of sulfonamides is 1. The van der Waals surface area contributed by atoms with Gasteiger partial charge in [0.1, 0.15) is 12.6 Å². The summed E-state index contributed by atoms with van der Waals surface area (Å²) in [5, 5.41) is 3.18. The minimum absolute atomic E-state index is 0.0240. The molecule has 0 heterocycles. The van der Waals surface area contributed by atoms with E-state index in [4.69, 9.17) is 11.6 Å². The quantitative estimate of drug-likeness (QED) is 0.163. The molecule has 0 aromatic heterocycles. The van der Waals surface area contributed by atoms with Crippen LogP contribution in [-0.4, -0.2) is 44.3 Å². The number of anilines is 1. The molecule has 4 aromatic carbocycles. The van der Waals surface area contributed by atoms with E-state index in [-0.39, 0.29) is 34.5 Å². The van der Waals surface area contributed by atoms with Gasteiger partial charge in [-0.2, -0.15) is 0 Å². The van der Waals surface area contributed by atoms with Crippen molar-refractivity contribution < 1.29 is 18.0 Å². The number of carbonyl (C=O) groups excluding carboxylic acids is 2. The Hall–Kier alpha value is -4.14. The first kappa shape index (κ1) is 32.8. The summed E-state index contributed by atoms with van der Waals surface area (Å²) in [5.41, 5.74) is 2.93. The van der Waals surface area contributed by atoms with Gasteiger partial charge >= 0.3 is 0 Å². The van der Waals surface area contributed by atoms with E-state index in [1.54, 1.807) is 42.5 Å². The number of hydrogen-bond acceptors (Lipinski definition) is 4. The molecule has 0 spiro atoms. The highest BCUT2D eigenvalue weighted by atomic mass is 35.5. The van der Waals surface area contributed by atoms with Crippen molar-refractivity contribution in [1.82, 2.24) is 10.2 Å². The Morgan fingerprint density at radius 3 is 2.07 bits per heavy atom. The summed E-state index contributed by atoms with van der Waals surface area (Å²) in [7, 11) is -4.21. The minimum atomic E-state index is -4.21. The van der Waals surface area contributed by atoms with E-state index >= 15 is 0 Å². The lowest BCUT2D eigenvalue weighted by molar-refractivity contribution is -0.140. The highest BCUT2D eigenvalue weighted by molar-refractivity contribution is 7.92. The predicted molar refractivity (Wildman–Crippen MR) is 176 cm³/mol. The molecule has 0 bridgehead atoms. The van der Waals surface area contributed by atoms with Gasteiger partial charge in [-0.3, -0.25) is 13.9 Å². The van der Waals surface area contributed by atoms with Gasteiger partial charge in [0.25, 0.3) is 10.0 Å². The van der Waals surface area contributed by atoms with Crippen molar-refractivity contribution in [3.8, 4) is 0 Å². The molecular formula is C35H38ClN3O4S. The van der Waals surface area contributed by atoms with E-state index in [9.17, 15) is 18.0 Å². The van der Waals surface area contributed by atoms with Crippen LogP contribution in [-0.2, 0) is 32.6 Å². The Kier molecular flexibility index (Phi) is 11.6. The molecular weight excluding hydrogens is 594 g/mol. The Morgan fingerprint density at radius 1 is 0.818 bits per heavy atom. The Balaban J connectivity index is 1.78. The van der Waals surface area contributed by atoms with Crippen molar-refractivity contribution >= 4 is 39.1 Å². The van der Waals surface area contributed by atoms with Crippen LogP contribution in [0.25, 0.3) is 0 Å². The maximum Gasteiger partial charge on any atom is 0.264 e. The second kappa shape index (κ2) is 15.5. The second-order valence-electron chi connectivity index (χ2n) is 10.6. The molecule has 9 heteroatoms. The van der Waals surface area contributed by atoms with Gasteiger partial charge in [0.15, 0.2) is 0 Å². The first-order valence-electron chi connectivity index (χ1n) is 14.7. The van der Waals surface area contributed by atoms with Crippen molar-refractivity contribution in [2.45, 2.75) is 50.6 Å². The van der Waals surface area contributed by atoms with Gasteiger partial charge in [-0.15, -0.1) is 0 Å². The highest BCUT2D eigenvalue weighted by Gasteiger charge is 2.35. The average molecular weight is 632 g/mol. The number of aryl methyl sites for hydroxylation is 1. The summed E-state index contributed by atoms with van der Waals surface area (Å²) in [6.45, 7) is 4.04. The van der Waals surface area contributed by atoms with E-state index in [0.717, 1.165) is 33.8 Å². The van der Waals surface area contributed by atoms with Gasteiger partial charge in [-0.05, 0) is 48.7 Å². The van der Waals surface area contributed by atoms with Gasteiger partial charge in [0.2, 0.25) is 11.8 Å². The normalized spacial score (nSPS) is 11.9. The lowest BCUT2D eigenvalue weighted by Crippen LogP contribution is -2.53. The second-order valence-corrected chi connectivity index (χ2v) is 12.9. The largest absolute Gasteiger partial charge is 0.354 e. The zero-order valence-electron chi connectivity index (χ0n) is 25.0. The van der Waals surface area contributed by atoms with Gasteiger partial charge in [0.05, 0.1) is 15.6 Å². The molecule has 0 aliphatic heterocycles. The van der Waals surface area contributed by atoms with Crippen molar-refractivity contribution in [2.24, 2.45) is 0 Å². The third-order valence-corrected chi connectivity index (χ3v) is 9.40. The first-order valence-corrected chi connectivity index (χ1v) is 16.5. The molecule has 0 fully saturated rings. The number of hydrogen-bond donors (Lipinski definition) is 1. The van der Waals surface area contributed by atoms with Crippen LogP contribution in [0, 0.1) is 6.92 Å². The number of amides is 2. The van der Waals surface area contributed by atoms with Crippen LogP contribution in [0.3, 0.4) is 0 Å². The smallest absolute Gasteiger partial charge is 0.264 e. The fourth-order valence-corrected chi connectivity index (χ4v) is 6.58. The average Bonchev–Trinajstić information content (AvgIpc) is 3.03. The lowest BCUT2D eigenvalue weighted by Gasteiger charge is -2.34. The Bertz CT molecular complexity index is 1630. The maximum absolute atomic E-state index is 14.5. The van der Waals surface area contributed by atoms with Crippen LogP contribution in [0.15, 0.2) is 114 Å². The van der Waals surface area contributed by atoms with E-state index in [1.807, 2.05) is 68.4 Å². The third kappa shape index (κ3) is 8.49. The molecule has 230 valence electrons. The SMILES string of the molecule is CCCCNC(=O)[C@H](Cc1ccccc1)N(Cc1ccc(C)cc1)C(=O)CN(c1ccccc1Cl)S(=O)(=O)c1ccccc1. The third-order valence-electron chi connectivity index (χ3n) is 7.31. The number of carbonyl (C=O) groups is 2. The monoisotopic (exact) mass is 631 g/mol. The first-order chi connectivity index (χ1) is 21.2. The van der Waals surface area contributed by atoms with Crippen LogP contribution in [0.4, 0.5) is 5.69 Å². The Morgan fingerprint density at radius 2 is 1.43 bits per heavy atom. The van der Waals surface area contributed by atoms with E-state index in [1.165, 1.54) is 17.0 Å². The molecule has 7 nitrogen and oxygen atoms in total. The number of unbranched alkanes of at least 4 members (excludes halogenated alkanes) is 1. The van der Waals surface area contributed by atoms with Gasteiger partial charge < -0.3 is 10.2 Å². The summed E-state index contributed by atoms with van der Waals surface area (Å²) in [6, 6.07) is 30.8. The zero-order chi connectivity index (χ0) is 31.5. The molecule has 0 unspecified atom stereocenters. The minimum Gasteiger partial charge on any atom is -0.354 e. The molecule has 44 heavy (non-hydrogen) atoms. The van der Waals surface area contributed by atoms with Crippen LogP contribution >= 0.6 is 11.6 Å². The van der Waals surface area contributed by atoms with Gasteiger partial charge in [-0.25, -0.2) is 8.42 Å². The van der Waals surface area contributed by atoms with Crippen LogP contribution in [0.1, 0.15) is 36.5 Å². The molecule has 1 atom stereocenters. The molecule has 0 saturated heterocycles. The van der Waals surface area contributed by atoms with Crippen LogP contribution < -0.4 is 9.62 Å². The van der Waals surface area contributed by atoms with E-state index < -0.39 is 28.5 Å². The molecule has 0 saturated carbocycles. The number of nitrogens with zero attached hydrogens (tertiary/aromatic N) is 2. The topological polar surface area (TPSA) is 86.8 Å². The molecule has 4 aromatic rings. The van der Waals surface area contributed by atoms with Crippen molar-refractivity contribution in [2.75, 3.05) is 17.4 Å². The van der Waals surface area contributed by atoms with Crippen molar-refractivity contribution in [3.63, 3.8) is 0 Å². The van der Waals surface area contributed by atoms with E-state index in [0.29, 0.717) is 6.54 Å². The maximum atomic E-state index is 14.5. The standard InChI is InChI=1S/C35H38ClN3O4S/c1-3-4-23-37-35(41)33(24-28-13-7-5-8-14-28)38(25-29-21-19-27(2)20-22-29)34(40)26-39(32-18-12-11-17-31(32)36)44(42,43)30-15-9-6-10-16-30/h5-22,33H,3-4,23-26H2,1-2H3,(H,37,41)/t33-/m0/s1. The summed E-state index contributed by atoms with van der Waals surface area (Å²) in [4.78, 5) is 29.7. The van der Waals surface area contributed by atoms with E-state index in [2.05, 4.69) is 5.32 Å². The number of halogens is 1. The summed E-state index contributed by atoms with van der Waals surface area (Å²) in [6.07, 6.45) is 1.96. The van der Waals surface area contributed by atoms with Crippen molar-refractivity contribution in [1.29, 1.82) is 0 Å². The molecule has 4 rings (SSSR count). The fourth-order valence-electron chi connectivity index (χ4n) is 4.84.